The molecular weight excluding hydrogens is 228 g/mol. The summed E-state index contributed by atoms with van der Waals surface area (Å²) in [5.41, 5.74) is 1.15. The second-order valence-electron chi connectivity index (χ2n) is 5.84. The highest BCUT2D eigenvalue weighted by Gasteiger charge is 2.36. The molecule has 1 fully saturated rings. The Balaban J connectivity index is 2.39. The van der Waals surface area contributed by atoms with Gasteiger partial charge in [0, 0.05) is 23.2 Å². The number of hydrogen-bond donors (Lipinski definition) is 0. The third-order valence-electron chi connectivity index (χ3n) is 3.61. The van der Waals surface area contributed by atoms with Crippen molar-refractivity contribution < 1.29 is 4.92 Å². The standard InChI is InChI=1S/C14H20N2O2/c1-14(2,3)15-10-6-9-12(15)11-7-4-5-8-13(11)16(17)18/h4-5,7-8,12H,6,9-10H2,1-3H3. The SMILES string of the molecule is CC(C)(C)N1CCCC1c1ccccc1[N+](=O)[O-]. The maximum atomic E-state index is 11.1. The normalized spacial score (nSPS) is 21.2. The van der Waals surface area contributed by atoms with Crippen LogP contribution in [0.25, 0.3) is 0 Å². The fraction of sp³-hybridized carbons (Fsp3) is 0.571. The first-order chi connectivity index (χ1) is 8.41. The lowest BCUT2D eigenvalue weighted by molar-refractivity contribution is -0.386. The zero-order valence-corrected chi connectivity index (χ0v) is 11.2. The number of para-hydroxylation sites is 1. The van der Waals surface area contributed by atoms with E-state index in [1.165, 1.54) is 0 Å². The largest absolute Gasteiger partial charge is 0.291 e. The summed E-state index contributed by atoms with van der Waals surface area (Å²) in [6, 6.07) is 7.30. The van der Waals surface area contributed by atoms with E-state index in [1.54, 1.807) is 12.1 Å². The van der Waals surface area contributed by atoms with Crippen LogP contribution >= 0.6 is 0 Å². The molecule has 0 amide bonds. The van der Waals surface area contributed by atoms with E-state index >= 15 is 0 Å². The topological polar surface area (TPSA) is 46.4 Å². The minimum Gasteiger partial charge on any atom is -0.291 e. The molecule has 1 heterocycles. The van der Waals surface area contributed by atoms with Gasteiger partial charge in [-0.05, 0) is 40.2 Å². The second-order valence-corrected chi connectivity index (χ2v) is 5.84. The van der Waals surface area contributed by atoms with Crippen molar-refractivity contribution in [3.05, 3.63) is 39.9 Å². The third-order valence-corrected chi connectivity index (χ3v) is 3.61. The van der Waals surface area contributed by atoms with Crippen LogP contribution in [0.4, 0.5) is 5.69 Å². The van der Waals surface area contributed by atoms with Crippen molar-refractivity contribution in [2.45, 2.75) is 45.2 Å². The van der Waals surface area contributed by atoms with Crippen LogP contribution in [0.3, 0.4) is 0 Å². The molecule has 0 N–H and O–H groups in total. The van der Waals surface area contributed by atoms with Gasteiger partial charge in [-0.15, -0.1) is 0 Å². The van der Waals surface area contributed by atoms with Gasteiger partial charge in [-0.25, -0.2) is 0 Å². The Morgan fingerprint density at radius 3 is 2.61 bits per heavy atom. The molecular formula is C14H20N2O2. The number of hydrogen-bond acceptors (Lipinski definition) is 3. The zero-order valence-electron chi connectivity index (χ0n) is 11.2. The molecule has 2 rings (SSSR count). The van der Waals surface area contributed by atoms with Gasteiger partial charge in [0.15, 0.2) is 0 Å². The third kappa shape index (κ3) is 2.38. The monoisotopic (exact) mass is 248 g/mol. The van der Waals surface area contributed by atoms with Crippen molar-refractivity contribution in [3.8, 4) is 0 Å². The number of nitrogens with zero attached hydrogens (tertiary/aromatic N) is 2. The first-order valence-electron chi connectivity index (χ1n) is 6.41. The maximum Gasteiger partial charge on any atom is 0.274 e. The van der Waals surface area contributed by atoms with Crippen LogP contribution in [0.2, 0.25) is 0 Å². The fourth-order valence-corrected chi connectivity index (χ4v) is 2.83. The van der Waals surface area contributed by atoms with Gasteiger partial charge in [0.05, 0.1) is 4.92 Å². The Bertz CT molecular complexity index is 451. The van der Waals surface area contributed by atoms with E-state index < -0.39 is 0 Å². The highest BCUT2D eigenvalue weighted by Crippen LogP contribution is 2.40. The summed E-state index contributed by atoms with van der Waals surface area (Å²) in [7, 11) is 0. The van der Waals surface area contributed by atoms with Gasteiger partial charge in [0.1, 0.15) is 0 Å². The molecule has 0 saturated carbocycles. The average Bonchev–Trinajstić information content (AvgIpc) is 2.77. The fourth-order valence-electron chi connectivity index (χ4n) is 2.83. The molecule has 1 unspecified atom stereocenters. The lowest BCUT2D eigenvalue weighted by Gasteiger charge is -2.37. The van der Waals surface area contributed by atoms with Gasteiger partial charge >= 0.3 is 0 Å². The lowest BCUT2D eigenvalue weighted by atomic mass is 9.98. The van der Waals surface area contributed by atoms with Crippen LogP contribution in [0.5, 0.6) is 0 Å². The van der Waals surface area contributed by atoms with E-state index in [4.69, 9.17) is 0 Å². The molecule has 0 bridgehead atoms. The van der Waals surface area contributed by atoms with E-state index in [2.05, 4.69) is 25.7 Å². The molecule has 0 spiro atoms. The average molecular weight is 248 g/mol. The van der Waals surface area contributed by atoms with E-state index in [0.29, 0.717) is 0 Å². The Morgan fingerprint density at radius 2 is 2.00 bits per heavy atom. The molecule has 1 saturated heterocycles. The van der Waals surface area contributed by atoms with Crippen molar-refractivity contribution in [2.24, 2.45) is 0 Å². The predicted octanol–water partition coefficient (Wildman–Crippen LogP) is 3.53. The van der Waals surface area contributed by atoms with Crippen LogP contribution in [-0.2, 0) is 0 Å². The minimum absolute atomic E-state index is 0.0465. The van der Waals surface area contributed by atoms with Crippen LogP contribution < -0.4 is 0 Å². The Morgan fingerprint density at radius 1 is 1.33 bits per heavy atom. The summed E-state index contributed by atoms with van der Waals surface area (Å²) >= 11 is 0. The molecule has 0 aliphatic carbocycles. The van der Waals surface area contributed by atoms with Gasteiger partial charge in [-0.2, -0.15) is 0 Å². The molecule has 1 aliphatic heterocycles. The van der Waals surface area contributed by atoms with Gasteiger partial charge in [0.25, 0.3) is 5.69 Å². The van der Waals surface area contributed by atoms with Gasteiger partial charge < -0.3 is 0 Å². The van der Waals surface area contributed by atoms with Crippen LogP contribution in [0.1, 0.15) is 45.2 Å². The van der Waals surface area contributed by atoms with E-state index in [1.807, 2.05) is 12.1 Å². The second kappa shape index (κ2) is 4.69. The summed E-state index contributed by atoms with van der Waals surface area (Å²) in [6.45, 7) is 7.51. The van der Waals surface area contributed by atoms with Crippen molar-refractivity contribution in [2.75, 3.05) is 6.54 Å². The van der Waals surface area contributed by atoms with Gasteiger partial charge in [-0.3, -0.25) is 15.0 Å². The summed E-state index contributed by atoms with van der Waals surface area (Å²) < 4.78 is 0. The van der Waals surface area contributed by atoms with E-state index in [-0.39, 0.29) is 22.2 Å². The number of rotatable bonds is 2. The van der Waals surface area contributed by atoms with Crippen molar-refractivity contribution in [1.29, 1.82) is 0 Å². The zero-order chi connectivity index (χ0) is 13.3. The maximum absolute atomic E-state index is 11.1. The molecule has 1 atom stereocenters. The molecule has 0 aromatic heterocycles. The predicted molar refractivity (Wildman–Crippen MR) is 71.5 cm³/mol. The highest BCUT2D eigenvalue weighted by atomic mass is 16.6. The Kier molecular flexibility index (Phi) is 3.39. The summed E-state index contributed by atoms with van der Waals surface area (Å²) in [5, 5.41) is 11.1. The summed E-state index contributed by atoms with van der Waals surface area (Å²) in [6.07, 6.45) is 2.11. The molecule has 1 aromatic rings. The number of likely N-dealkylation sites (tertiary alicyclic amines) is 1. The minimum atomic E-state index is -0.269. The van der Waals surface area contributed by atoms with Gasteiger partial charge in [-0.1, -0.05) is 18.2 Å². The van der Waals surface area contributed by atoms with E-state index in [0.717, 1.165) is 24.9 Å². The van der Waals surface area contributed by atoms with Crippen molar-refractivity contribution in [1.82, 2.24) is 4.90 Å². The van der Waals surface area contributed by atoms with E-state index in [9.17, 15) is 10.1 Å². The summed E-state index contributed by atoms with van der Waals surface area (Å²) in [5.74, 6) is 0. The first-order valence-corrected chi connectivity index (χ1v) is 6.41. The van der Waals surface area contributed by atoms with Crippen molar-refractivity contribution >= 4 is 5.69 Å². The molecule has 4 heteroatoms. The first kappa shape index (κ1) is 13.0. The molecule has 98 valence electrons. The Labute approximate surface area is 108 Å². The molecule has 0 radical (unpaired) electrons. The summed E-state index contributed by atoms with van der Waals surface area (Å²) in [4.78, 5) is 13.2. The highest BCUT2D eigenvalue weighted by molar-refractivity contribution is 5.42. The van der Waals surface area contributed by atoms with Crippen LogP contribution in [0, 0.1) is 10.1 Å². The lowest BCUT2D eigenvalue weighted by Crippen LogP contribution is -2.40. The van der Waals surface area contributed by atoms with Crippen LogP contribution in [-0.4, -0.2) is 21.9 Å². The molecule has 1 aromatic carbocycles. The molecule has 4 nitrogen and oxygen atoms in total. The van der Waals surface area contributed by atoms with Gasteiger partial charge in [0.2, 0.25) is 0 Å². The number of nitro groups is 1. The number of benzene rings is 1. The molecule has 1 aliphatic rings. The quantitative estimate of drug-likeness (QED) is 0.594. The van der Waals surface area contributed by atoms with Crippen LogP contribution in [0.15, 0.2) is 24.3 Å². The smallest absolute Gasteiger partial charge is 0.274 e. The van der Waals surface area contributed by atoms with Crippen molar-refractivity contribution in [3.63, 3.8) is 0 Å². The molecule has 18 heavy (non-hydrogen) atoms. The number of nitro benzene ring substituents is 1. The Hall–Kier alpha value is -1.42.